The van der Waals surface area contributed by atoms with E-state index in [-0.39, 0.29) is 6.04 Å². The second-order valence-electron chi connectivity index (χ2n) is 4.92. The van der Waals surface area contributed by atoms with E-state index in [2.05, 4.69) is 11.6 Å². The number of hydrogen-bond donors (Lipinski definition) is 0. The topological polar surface area (TPSA) is 42.4 Å². The van der Waals surface area contributed by atoms with Gasteiger partial charge in [-0.25, -0.2) is 9.78 Å². The maximum atomic E-state index is 12.6. The molecule has 22 heavy (non-hydrogen) atoms. The van der Waals surface area contributed by atoms with Crippen LogP contribution in [0.2, 0.25) is 0 Å². The highest BCUT2D eigenvalue weighted by Crippen LogP contribution is 2.29. The first-order valence-electron chi connectivity index (χ1n) is 7.10. The predicted octanol–water partition coefficient (Wildman–Crippen LogP) is 4.06. The average Bonchev–Trinajstić information content (AvgIpc) is 2.55. The summed E-state index contributed by atoms with van der Waals surface area (Å²) in [6.45, 7) is 3.76. The van der Waals surface area contributed by atoms with Gasteiger partial charge in [0.1, 0.15) is 11.6 Å². The zero-order chi connectivity index (χ0) is 15.4. The van der Waals surface area contributed by atoms with E-state index in [1.165, 1.54) is 0 Å². The molecule has 0 N–H and O–H groups in total. The number of benzene rings is 1. The molecule has 4 heteroatoms. The van der Waals surface area contributed by atoms with E-state index in [1.807, 2.05) is 42.5 Å². The molecule has 0 radical (unpaired) electrons. The standard InChI is InChI=1S/C18H16N2O2/c1-2-7-15-12-11-14-8-6-13-19-17(14)20(15)18(21)22-16-9-4-3-5-10-16/h2-6,8-13,15H,1,7H2. The van der Waals surface area contributed by atoms with E-state index in [0.717, 1.165) is 5.56 Å². The van der Waals surface area contributed by atoms with Crippen molar-refractivity contribution in [3.63, 3.8) is 0 Å². The van der Waals surface area contributed by atoms with Crippen molar-refractivity contribution in [1.29, 1.82) is 0 Å². The van der Waals surface area contributed by atoms with Crippen molar-refractivity contribution in [3.05, 3.63) is 73.0 Å². The number of amides is 1. The van der Waals surface area contributed by atoms with Gasteiger partial charge in [0.25, 0.3) is 0 Å². The number of carbonyl (C=O) groups excluding carboxylic acids is 1. The Bertz CT molecular complexity index is 710. The second-order valence-corrected chi connectivity index (χ2v) is 4.92. The maximum Gasteiger partial charge on any atom is 0.421 e. The number of pyridine rings is 1. The number of aromatic nitrogens is 1. The van der Waals surface area contributed by atoms with Gasteiger partial charge in [-0.15, -0.1) is 6.58 Å². The predicted molar refractivity (Wildman–Crippen MR) is 86.8 cm³/mol. The molecule has 1 unspecified atom stereocenters. The van der Waals surface area contributed by atoms with Gasteiger partial charge in [-0.3, -0.25) is 4.90 Å². The summed E-state index contributed by atoms with van der Waals surface area (Å²) in [5, 5.41) is 0. The number of carbonyl (C=O) groups is 1. The molecule has 0 saturated carbocycles. The quantitative estimate of drug-likeness (QED) is 0.801. The normalized spacial score (nSPS) is 16.0. The van der Waals surface area contributed by atoms with E-state index in [1.54, 1.807) is 29.3 Å². The zero-order valence-corrected chi connectivity index (χ0v) is 12.1. The number of hydrogen-bond acceptors (Lipinski definition) is 3. The first kappa shape index (κ1) is 14.1. The largest absolute Gasteiger partial charge is 0.421 e. The molecular formula is C18H16N2O2. The van der Waals surface area contributed by atoms with Crippen molar-refractivity contribution < 1.29 is 9.53 Å². The van der Waals surface area contributed by atoms with Crippen molar-refractivity contribution in [3.8, 4) is 5.75 Å². The van der Waals surface area contributed by atoms with Gasteiger partial charge in [0, 0.05) is 11.8 Å². The van der Waals surface area contributed by atoms with Crippen molar-refractivity contribution in [1.82, 2.24) is 4.98 Å². The molecule has 1 amide bonds. The molecule has 0 aliphatic carbocycles. The van der Waals surface area contributed by atoms with E-state index in [9.17, 15) is 4.79 Å². The van der Waals surface area contributed by atoms with E-state index < -0.39 is 6.09 Å². The van der Waals surface area contributed by atoms with Crippen LogP contribution in [0.25, 0.3) is 6.08 Å². The SMILES string of the molecule is C=CCC1C=Cc2cccnc2N1C(=O)Oc1ccccc1. The monoisotopic (exact) mass is 292 g/mol. The molecule has 1 atom stereocenters. The first-order chi connectivity index (χ1) is 10.8. The molecule has 1 aromatic carbocycles. The third-order valence-corrected chi connectivity index (χ3v) is 3.43. The minimum Gasteiger partial charge on any atom is -0.410 e. The molecule has 3 rings (SSSR count). The summed E-state index contributed by atoms with van der Waals surface area (Å²) in [6.07, 6.45) is 7.59. The lowest BCUT2D eigenvalue weighted by Gasteiger charge is -2.31. The van der Waals surface area contributed by atoms with E-state index >= 15 is 0 Å². The molecule has 0 bridgehead atoms. The minimum absolute atomic E-state index is 0.142. The highest BCUT2D eigenvalue weighted by molar-refractivity contribution is 5.93. The number of ether oxygens (including phenoxy) is 1. The molecule has 110 valence electrons. The Balaban J connectivity index is 1.92. The lowest BCUT2D eigenvalue weighted by atomic mass is 10.0. The van der Waals surface area contributed by atoms with Gasteiger partial charge < -0.3 is 4.74 Å². The Morgan fingerprint density at radius 2 is 2.09 bits per heavy atom. The Labute approximate surface area is 129 Å². The Morgan fingerprint density at radius 3 is 2.86 bits per heavy atom. The number of rotatable bonds is 3. The summed E-state index contributed by atoms with van der Waals surface area (Å²) in [4.78, 5) is 18.5. The third-order valence-electron chi connectivity index (χ3n) is 3.43. The molecule has 2 heterocycles. The van der Waals surface area contributed by atoms with Gasteiger partial charge in [-0.05, 0) is 30.7 Å². The van der Waals surface area contributed by atoms with Crippen LogP contribution < -0.4 is 9.64 Å². The molecule has 0 saturated heterocycles. The highest BCUT2D eigenvalue weighted by atomic mass is 16.6. The van der Waals surface area contributed by atoms with Crippen LogP contribution in [-0.4, -0.2) is 17.1 Å². The number of para-hydroxylation sites is 1. The van der Waals surface area contributed by atoms with Crippen molar-refractivity contribution in [2.24, 2.45) is 0 Å². The fraction of sp³-hybridized carbons (Fsp3) is 0.111. The molecule has 1 aliphatic heterocycles. The van der Waals surface area contributed by atoms with Gasteiger partial charge in [0.15, 0.2) is 0 Å². The summed E-state index contributed by atoms with van der Waals surface area (Å²) in [5.74, 6) is 1.12. The molecular weight excluding hydrogens is 276 g/mol. The van der Waals surface area contributed by atoms with Crippen LogP contribution in [0.4, 0.5) is 10.6 Å². The molecule has 2 aromatic rings. The van der Waals surface area contributed by atoms with Gasteiger partial charge in [0.05, 0.1) is 6.04 Å². The Morgan fingerprint density at radius 1 is 1.27 bits per heavy atom. The Kier molecular flexibility index (Phi) is 4.01. The fourth-order valence-corrected chi connectivity index (χ4v) is 2.41. The van der Waals surface area contributed by atoms with E-state index in [4.69, 9.17) is 4.74 Å². The summed E-state index contributed by atoms with van der Waals surface area (Å²) in [7, 11) is 0. The van der Waals surface area contributed by atoms with Crippen LogP contribution >= 0.6 is 0 Å². The number of fused-ring (bicyclic) bond motifs is 1. The van der Waals surface area contributed by atoms with Gasteiger partial charge in [0.2, 0.25) is 0 Å². The number of anilines is 1. The molecule has 4 nitrogen and oxygen atoms in total. The molecule has 1 aliphatic rings. The van der Waals surface area contributed by atoms with Crippen molar-refractivity contribution in [2.45, 2.75) is 12.5 Å². The molecule has 0 fully saturated rings. The van der Waals surface area contributed by atoms with Crippen LogP contribution in [0, 0.1) is 0 Å². The summed E-state index contributed by atoms with van der Waals surface area (Å²) in [5.41, 5.74) is 0.896. The zero-order valence-electron chi connectivity index (χ0n) is 12.1. The summed E-state index contributed by atoms with van der Waals surface area (Å²) < 4.78 is 5.47. The van der Waals surface area contributed by atoms with Crippen molar-refractivity contribution >= 4 is 18.0 Å². The van der Waals surface area contributed by atoms with Crippen LogP contribution in [0.5, 0.6) is 5.75 Å². The summed E-state index contributed by atoms with van der Waals surface area (Å²) in [6, 6.07) is 12.6. The second kappa shape index (κ2) is 6.26. The van der Waals surface area contributed by atoms with Crippen LogP contribution in [0.15, 0.2) is 67.4 Å². The van der Waals surface area contributed by atoms with Gasteiger partial charge in [-0.2, -0.15) is 0 Å². The smallest absolute Gasteiger partial charge is 0.410 e. The van der Waals surface area contributed by atoms with Crippen molar-refractivity contribution in [2.75, 3.05) is 4.90 Å². The Hall–Kier alpha value is -2.88. The highest BCUT2D eigenvalue weighted by Gasteiger charge is 2.30. The van der Waals surface area contributed by atoms with Crippen LogP contribution in [0.1, 0.15) is 12.0 Å². The minimum atomic E-state index is -0.442. The number of nitrogens with zero attached hydrogens (tertiary/aromatic N) is 2. The third kappa shape index (κ3) is 2.76. The molecule has 0 spiro atoms. The maximum absolute atomic E-state index is 12.6. The van der Waals surface area contributed by atoms with Gasteiger partial charge in [-0.1, -0.05) is 36.4 Å². The van der Waals surface area contributed by atoms with E-state index in [0.29, 0.717) is 18.0 Å². The first-order valence-corrected chi connectivity index (χ1v) is 7.10. The lowest BCUT2D eigenvalue weighted by Crippen LogP contribution is -2.43. The average molecular weight is 292 g/mol. The summed E-state index contributed by atoms with van der Waals surface area (Å²) >= 11 is 0. The molecule has 1 aromatic heterocycles. The fourth-order valence-electron chi connectivity index (χ4n) is 2.41. The van der Waals surface area contributed by atoms with Gasteiger partial charge >= 0.3 is 6.09 Å². The van der Waals surface area contributed by atoms with Crippen LogP contribution in [-0.2, 0) is 0 Å². The van der Waals surface area contributed by atoms with Crippen LogP contribution in [0.3, 0.4) is 0 Å². The lowest BCUT2D eigenvalue weighted by molar-refractivity contribution is 0.205.